The number of nitrogens with one attached hydrogen (secondary N) is 1. The molecule has 2 heterocycles. The third-order valence-corrected chi connectivity index (χ3v) is 5.26. The van der Waals surface area contributed by atoms with Crippen LogP contribution in [0.5, 0.6) is 0 Å². The van der Waals surface area contributed by atoms with E-state index in [9.17, 15) is 31.1 Å². The molecule has 2 aliphatic rings. The van der Waals surface area contributed by atoms with Gasteiger partial charge in [-0.15, -0.1) is 0 Å². The minimum atomic E-state index is -5.42. The topological polar surface area (TPSA) is 32.3 Å². The molecule has 0 aromatic heterocycles. The van der Waals surface area contributed by atoms with Gasteiger partial charge in [0, 0.05) is 43.6 Å². The molecule has 10 heteroatoms. The van der Waals surface area contributed by atoms with E-state index in [4.69, 9.17) is 0 Å². The summed E-state index contributed by atoms with van der Waals surface area (Å²) in [5.74, 6) is 0.846. The van der Waals surface area contributed by atoms with Crippen LogP contribution in [0.15, 0.2) is 0 Å². The smallest absolute Gasteiger partial charge is 0.341 e. The summed E-state index contributed by atoms with van der Waals surface area (Å²) in [6.45, 7) is -1.17. The standard InChI is InChI=1S/C12H16F6N2OS/c13-11(14,15)10(12(16,17)18)1-3-20(7-10)9(21)5-8-6-22-4-2-19-8/h8,19H,1-7H2. The molecule has 0 radical (unpaired) electrons. The van der Waals surface area contributed by atoms with Crippen LogP contribution in [-0.4, -0.2) is 60.3 Å². The van der Waals surface area contributed by atoms with Crippen molar-refractivity contribution in [2.45, 2.75) is 31.2 Å². The molecule has 128 valence electrons. The number of carbonyl (C=O) groups is 1. The van der Waals surface area contributed by atoms with E-state index in [-0.39, 0.29) is 12.5 Å². The van der Waals surface area contributed by atoms with E-state index in [0.29, 0.717) is 17.2 Å². The van der Waals surface area contributed by atoms with Gasteiger partial charge in [0.15, 0.2) is 5.41 Å². The zero-order valence-electron chi connectivity index (χ0n) is 11.6. The lowest BCUT2D eigenvalue weighted by Crippen LogP contribution is -2.52. The fourth-order valence-electron chi connectivity index (χ4n) is 2.74. The first-order valence-corrected chi connectivity index (χ1v) is 7.95. The summed E-state index contributed by atoms with van der Waals surface area (Å²) >= 11 is 1.60. The molecule has 0 aromatic carbocycles. The summed E-state index contributed by atoms with van der Waals surface area (Å²) in [6, 6.07) is -0.196. The number of rotatable bonds is 2. The first kappa shape index (κ1) is 17.7. The molecular formula is C12H16F6N2OS. The maximum atomic E-state index is 12.9. The molecule has 0 aliphatic carbocycles. The predicted molar refractivity (Wildman–Crippen MR) is 69.5 cm³/mol. The van der Waals surface area contributed by atoms with Gasteiger partial charge >= 0.3 is 12.4 Å². The van der Waals surface area contributed by atoms with Crippen LogP contribution in [0.4, 0.5) is 26.3 Å². The van der Waals surface area contributed by atoms with E-state index in [0.717, 1.165) is 5.75 Å². The van der Waals surface area contributed by atoms with Crippen molar-refractivity contribution >= 4 is 17.7 Å². The minimum absolute atomic E-state index is 0.0706. The Labute approximate surface area is 127 Å². The van der Waals surface area contributed by atoms with Crippen molar-refractivity contribution in [1.82, 2.24) is 10.2 Å². The second kappa shape index (κ2) is 6.10. The van der Waals surface area contributed by atoms with Crippen molar-refractivity contribution in [2.24, 2.45) is 5.41 Å². The molecule has 2 rings (SSSR count). The van der Waals surface area contributed by atoms with Gasteiger partial charge in [-0.1, -0.05) is 0 Å². The van der Waals surface area contributed by atoms with Gasteiger partial charge in [0.25, 0.3) is 0 Å². The number of halogens is 6. The van der Waals surface area contributed by atoms with Crippen LogP contribution in [0, 0.1) is 5.41 Å². The van der Waals surface area contributed by atoms with Gasteiger partial charge in [-0.2, -0.15) is 38.1 Å². The Bertz CT molecular complexity index is 405. The van der Waals surface area contributed by atoms with E-state index in [1.165, 1.54) is 0 Å². The molecular weight excluding hydrogens is 334 g/mol. The number of likely N-dealkylation sites (tertiary alicyclic amines) is 1. The minimum Gasteiger partial charge on any atom is -0.341 e. The van der Waals surface area contributed by atoms with E-state index in [1.54, 1.807) is 11.8 Å². The molecule has 3 nitrogen and oxygen atoms in total. The fourth-order valence-corrected chi connectivity index (χ4v) is 3.69. The highest BCUT2D eigenvalue weighted by molar-refractivity contribution is 7.99. The van der Waals surface area contributed by atoms with Crippen molar-refractivity contribution in [2.75, 3.05) is 31.1 Å². The van der Waals surface area contributed by atoms with Gasteiger partial charge in [0.2, 0.25) is 5.91 Å². The largest absolute Gasteiger partial charge is 0.404 e. The maximum Gasteiger partial charge on any atom is 0.404 e. The van der Waals surface area contributed by atoms with Crippen LogP contribution < -0.4 is 5.32 Å². The predicted octanol–water partition coefficient (Wildman–Crippen LogP) is 2.42. The van der Waals surface area contributed by atoms with Crippen LogP contribution in [0.1, 0.15) is 12.8 Å². The lowest BCUT2D eigenvalue weighted by atomic mass is 9.85. The molecule has 2 aliphatic heterocycles. The second-order valence-electron chi connectivity index (χ2n) is 5.57. The molecule has 1 N–H and O–H groups in total. The van der Waals surface area contributed by atoms with Gasteiger partial charge in [-0.3, -0.25) is 4.79 Å². The van der Waals surface area contributed by atoms with Gasteiger partial charge in [0.05, 0.1) is 0 Å². The molecule has 0 saturated carbocycles. The van der Waals surface area contributed by atoms with E-state index < -0.39 is 43.2 Å². The maximum absolute atomic E-state index is 12.9. The Morgan fingerprint density at radius 3 is 2.32 bits per heavy atom. The normalized spacial score (nSPS) is 26.3. The monoisotopic (exact) mass is 350 g/mol. The average Bonchev–Trinajstić information content (AvgIpc) is 2.85. The summed E-state index contributed by atoms with van der Waals surface area (Å²) in [6.07, 6.45) is -12.0. The van der Waals surface area contributed by atoms with Gasteiger partial charge in [-0.05, 0) is 6.42 Å². The van der Waals surface area contributed by atoms with Crippen molar-refractivity contribution in [3.8, 4) is 0 Å². The van der Waals surface area contributed by atoms with Crippen molar-refractivity contribution in [3.05, 3.63) is 0 Å². The SMILES string of the molecule is O=C(CC1CSCCN1)N1CCC(C(F)(F)F)(C(F)(F)F)C1. The number of thioether (sulfide) groups is 1. The summed E-state index contributed by atoms with van der Waals surface area (Å²) in [7, 11) is 0. The van der Waals surface area contributed by atoms with E-state index in [2.05, 4.69) is 5.32 Å². The lowest BCUT2D eigenvalue weighted by molar-refractivity contribution is -0.334. The molecule has 22 heavy (non-hydrogen) atoms. The third-order valence-electron chi connectivity index (χ3n) is 4.13. The molecule has 1 atom stereocenters. The van der Waals surface area contributed by atoms with Gasteiger partial charge in [0.1, 0.15) is 0 Å². The molecule has 0 aromatic rings. The Kier molecular flexibility index (Phi) is 4.91. The molecule has 1 amide bonds. The van der Waals surface area contributed by atoms with Crippen LogP contribution in [0.2, 0.25) is 0 Å². The highest BCUT2D eigenvalue weighted by atomic mass is 32.2. The van der Waals surface area contributed by atoms with Crippen LogP contribution in [0.25, 0.3) is 0 Å². The number of nitrogens with zero attached hydrogens (tertiary/aromatic N) is 1. The van der Waals surface area contributed by atoms with E-state index in [1.807, 2.05) is 0 Å². The van der Waals surface area contributed by atoms with Gasteiger partial charge in [-0.25, -0.2) is 0 Å². The lowest BCUT2D eigenvalue weighted by Gasteiger charge is -2.33. The summed E-state index contributed by atoms with van der Waals surface area (Å²) in [5, 5.41) is 3.04. The van der Waals surface area contributed by atoms with Gasteiger partial charge < -0.3 is 10.2 Å². The van der Waals surface area contributed by atoms with E-state index >= 15 is 0 Å². The molecule has 2 fully saturated rings. The summed E-state index contributed by atoms with van der Waals surface area (Å²) in [4.78, 5) is 12.7. The number of hydrogen-bond donors (Lipinski definition) is 1. The number of hydrogen-bond acceptors (Lipinski definition) is 3. The number of alkyl halides is 6. The third kappa shape index (κ3) is 3.32. The molecule has 2 saturated heterocycles. The highest BCUT2D eigenvalue weighted by Gasteiger charge is 2.72. The van der Waals surface area contributed by atoms with Crippen molar-refractivity contribution in [1.29, 1.82) is 0 Å². The Morgan fingerprint density at radius 2 is 1.86 bits per heavy atom. The quantitative estimate of drug-likeness (QED) is 0.777. The molecule has 0 bridgehead atoms. The highest BCUT2D eigenvalue weighted by Crippen LogP contribution is 2.55. The summed E-state index contributed by atoms with van der Waals surface area (Å²) < 4.78 is 77.6. The Hall–Kier alpha value is -0.640. The summed E-state index contributed by atoms with van der Waals surface area (Å²) in [5.41, 5.74) is -3.80. The second-order valence-corrected chi connectivity index (χ2v) is 6.72. The number of amides is 1. The van der Waals surface area contributed by atoms with Crippen molar-refractivity contribution in [3.63, 3.8) is 0 Å². The van der Waals surface area contributed by atoms with Crippen LogP contribution in [0.3, 0.4) is 0 Å². The average molecular weight is 350 g/mol. The fraction of sp³-hybridized carbons (Fsp3) is 0.917. The van der Waals surface area contributed by atoms with Crippen LogP contribution >= 0.6 is 11.8 Å². The van der Waals surface area contributed by atoms with Crippen LogP contribution in [-0.2, 0) is 4.79 Å². The first-order valence-electron chi connectivity index (χ1n) is 6.79. The zero-order valence-corrected chi connectivity index (χ0v) is 12.4. The molecule has 1 unspecified atom stereocenters. The Balaban J connectivity index is 2.05. The van der Waals surface area contributed by atoms with Crippen molar-refractivity contribution < 1.29 is 31.1 Å². The Morgan fingerprint density at radius 1 is 1.23 bits per heavy atom. The first-order chi connectivity index (χ1) is 10.1. The zero-order chi connectivity index (χ0) is 16.6. The molecule has 0 spiro atoms. The number of carbonyl (C=O) groups excluding carboxylic acids is 1.